The van der Waals surface area contributed by atoms with Crippen LogP contribution in [0, 0.1) is 5.82 Å². The summed E-state index contributed by atoms with van der Waals surface area (Å²) >= 11 is 0. The van der Waals surface area contributed by atoms with E-state index in [9.17, 15) is 14.4 Å². The lowest BCUT2D eigenvalue weighted by molar-refractivity contribution is -0.118. The van der Waals surface area contributed by atoms with Gasteiger partial charge in [-0.25, -0.2) is 9.37 Å². The number of nitrogens with one attached hydrogen (secondary N) is 4. The molecule has 1 atom stereocenters. The van der Waals surface area contributed by atoms with Crippen LogP contribution in [0.1, 0.15) is 27.5 Å². The Balaban J connectivity index is 1.36. The van der Waals surface area contributed by atoms with Crippen molar-refractivity contribution in [2.75, 3.05) is 5.32 Å². The molecule has 0 saturated carbocycles. The summed E-state index contributed by atoms with van der Waals surface area (Å²) in [5.74, 6) is -2.23. The Hall–Kier alpha value is -5.84. The molecule has 11 heteroatoms. The Morgan fingerprint density at radius 2 is 1.60 bits per heavy atom. The first-order valence-electron chi connectivity index (χ1n) is 13.4. The van der Waals surface area contributed by atoms with E-state index in [1.807, 2.05) is 60.7 Å². The van der Waals surface area contributed by atoms with E-state index in [4.69, 9.17) is 0 Å². The normalized spacial score (nSPS) is 11.9. The molecule has 6 rings (SSSR count). The number of amides is 2. The van der Waals surface area contributed by atoms with Crippen molar-refractivity contribution in [1.82, 2.24) is 30.0 Å². The molecule has 1 unspecified atom stereocenters. The molecule has 3 aromatic heterocycles. The molecule has 0 aliphatic heterocycles. The maximum Gasteiger partial charge on any atom is 0.273 e. The predicted molar refractivity (Wildman–Crippen MR) is 160 cm³/mol. The van der Waals surface area contributed by atoms with Crippen molar-refractivity contribution in [2.24, 2.45) is 7.05 Å². The van der Waals surface area contributed by atoms with Gasteiger partial charge in [0.15, 0.2) is 0 Å². The van der Waals surface area contributed by atoms with Gasteiger partial charge in [-0.2, -0.15) is 5.10 Å². The monoisotopic (exact) mass is 575 g/mol. The number of hydrogen-bond donors (Lipinski definition) is 4. The Labute approximate surface area is 244 Å². The minimum Gasteiger partial charge on any atom is -0.340 e. The second-order valence-electron chi connectivity index (χ2n) is 9.93. The average Bonchev–Trinajstić information content (AvgIpc) is 3.69. The molecule has 4 N–H and O–H groups in total. The molecule has 43 heavy (non-hydrogen) atoms. The van der Waals surface area contributed by atoms with Crippen molar-refractivity contribution in [3.63, 3.8) is 0 Å². The minimum absolute atomic E-state index is 0.189. The van der Waals surface area contributed by atoms with Crippen molar-refractivity contribution >= 4 is 28.5 Å². The van der Waals surface area contributed by atoms with Gasteiger partial charge >= 0.3 is 0 Å². The van der Waals surface area contributed by atoms with E-state index in [1.54, 1.807) is 19.2 Å². The zero-order valence-electron chi connectivity index (χ0n) is 22.9. The summed E-state index contributed by atoms with van der Waals surface area (Å²) in [5, 5.41) is 9.76. The number of aryl methyl sites for hydroxylation is 1. The fraction of sp³-hybridized carbons (Fsp3) is 0.0938. The number of nitrogens with zero attached hydrogens (tertiary/aromatic N) is 3. The van der Waals surface area contributed by atoms with Gasteiger partial charge in [0.05, 0.1) is 6.33 Å². The fourth-order valence-electron chi connectivity index (χ4n) is 5.20. The minimum atomic E-state index is -1.09. The van der Waals surface area contributed by atoms with Crippen LogP contribution in [0.5, 0.6) is 0 Å². The van der Waals surface area contributed by atoms with Crippen LogP contribution >= 0.6 is 0 Å². The molecule has 6 aromatic rings. The highest BCUT2D eigenvalue weighted by atomic mass is 19.1. The van der Waals surface area contributed by atoms with Crippen LogP contribution in [-0.2, 0) is 11.8 Å². The molecule has 0 spiro atoms. The standard InChI is InChI=1S/C32H26FN7O3/c1-40-25(14-15-37-40)30(41)39-28(26(19-8-4-2-5-9-19)20-10-6-3-7-11-20)32(43)38-21-12-13-22(24(33)16-21)23-17-34-31(42)29-27(23)35-18-36-29/h2-18,26,28H,1H3,(H,34,42)(H,35,36)(H,38,43)(H,39,41). The molecule has 10 nitrogen and oxygen atoms in total. The van der Waals surface area contributed by atoms with Crippen LogP contribution in [0.4, 0.5) is 10.1 Å². The smallest absolute Gasteiger partial charge is 0.273 e. The Morgan fingerprint density at radius 1 is 0.907 bits per heavy atom. The Bertz CT molecular complexity index is 1940. The van der Waals surface area contributed by atoms with Gasteiger partial charge in [0, 0.05) is 42.2 Å². The fourth-order valence-corrected chi connectivity index (χ4v) is 5.20. The van der Waals surface area contributed by atoms with Crippen molar-refractivity contribution in [3.8, 4) is 11.1 Å². The number of pyridine rings is 1. The number of aromatic amines is 2. The third-order valence-corrected chi connectivity index (χ3v) is 7.27. The molecular weight excluding hydrogens is 549 g/mol. The summed E-state index contributed by atoms with van der Waals surface area (Å²) in [6.07, 6.45) is 4.27. The van der Waals surface area contributed by atoms with Gasteiger partial charge in [-0.15, -0.1) is 0 Å². The second-order valence-corrected chi connectivity index (χ2v) is 9.93. The summed E-state index contributed by atoms with van der Waals surface area (Å²) in [7, 11) is 1.64. The number of H-pyrrole nitrogens is 2. The van der Waals surface area contributed by atoms with E-state index in [-0.39, 0.29) is 28.0 Å². The maximum atomic E-state index is 15.5. The summed E-state index contributed by atoms with van der Waals surface area (Å²) in [5.41, 5.74) is 2.85. The highest BCUT2D eigenvalue weighted by molar-refractivity contribution is 6.01. The molecular formula is C32H26FN7O3. The molecule has 2 amide bonds. The number of benzene rings is 3. The highest BCUT2D eigenvalue weighted by Gasteiger charge is 2.33. The van der Waals surface area contributed by atoms with E-state index in [1.165, 1.54) is 35.5 Å². The predicted octanol–water partition coefficient (Wildman–Crippen LogP) is 4.36. The number of aromatic nitrogens is 5. The average molecular weight is 576 g/mol. The lowest BCUT2D eigenvalue weighted by Crippen LogP contribution is -2.48. The topological polar surface area (TPSA) is 138 Å². The van der Waals surface area contributed by atoms with Gasteiger partial charge in [0.25, 0.3) is 11.5 Å². The van der Waals surface area contributed by atoms with E-state index in [0.29, 0.717) is 11.1 Å². The van der Waals surface area contributed by atoms with Gasteiger partial charge in [0.2, 0.25) is 5.91 Å². The van der Waals surface area contributed by atoms with Crippen LogP contribution in [0.3, 0.4) is 0 Å². The first kappa shape index (κ1) is 27.3. The largest absolute Gasteiger partial charge is 0.340 e. The molecule has 214 valence electrons. The lowest BCUT2D eigenvalue weighted by atomic mass is 9.84. The van der Waals surface area contributed by atoms with Gasteiger partial charge in [0.1, 0.15) is 28.6 Å². The number of carbonyl (C=O) groups excluding carboxylic acids is 2. The summed E-state index contributed by atoms with van der Waals surface area (Å²) in [6.45, 7) is 0. The molecule has 3 heterocycles. The van der Waals surface area contributed by atoms with Crippen LogP contribution in [0.15, 0.2) is 108 Å². The van der Waals surface area contributed by atoms with Gasteiger partial charge < -0.3 is 20.6 Å². The zero-order chi connectivity index (χ0) is 29.9. The summed E-state index contributed by atoms with van der Waals surface area (Å²) in [4.78, 5) is 49.0. The van der Waals surface area contributed by atoms with Crippen LogP contribution in [-0.4, -0.2) is 42.6 Å². The Kier molecular flexibility index (Phi) is 7.35. The number of imidazole rings is 1. The number of fused-ring (bicyclic) bond motifs is 1. The number of rotatable bonds is 8. The highest BCUT2D eigenvalue weighted by Crippen LogP contribution is 2.31. The van der Waals surface area contributed by atoms with E-state index in [0.717, 1.165) is 11.1 Å². The SMILES string of the molecule is Cn1nccc1C(=O)NC(C(=O)Nc1ccc(-c2c[nH]c(=O)c3[nH]cnc23)c(F)c1)C(c1ccccc1)c1ccccc1. The number of hydrogen-bond acceptors (Lipinski definition) is 5. The number of halogens is 1. The molecule has 0 aliphatic carbocycles. The number of anilines is 1. The third kappa shape index (κ3) is 5.43. The van der Waals surface area contributed by atoms with Crippen LogP contribution in [0.25, 0.3) is 22.2 Å². The lowest BCUT2D eigenvalue weighted by Gasteiger charge is -2.28. The van der Waals surface area contributed by atoms with Gasteiger partial charge in [-0.1, -0.05) is 60.7 Å². The molecule has 0 radical (unpaired) electrons. The van der Waals surface area contributed by atoms with Crippen molar-refractivity contribution in [1.29, 1.82) is 0 Å². The molecule has 0 fully saturated rings. The van der Waals surface area contributed by atoms with Crippen molar-refractivity contribution in [2.45, 2.75) is 12.0 Å². The van der Waals surface area contributed by atoms with Crippen molar-refractivity contribution < 1.29 is 14.0 Å². The van der Waals surface area contributed by atoms with Crippen LogP contribution in [0.2, 0.25) is 0 Å². The summed E-state index contributed by atoms with van der Waals surface area (Å²) in [6, 6.07) is 23.5. The molecule has 0 bridgehead atoms. The van der Waals surface area contributed by atoms with E-state index < -0.39 is 29.6 Å². The van der Waals surface area contributed by atoms with Gasteiger partial charge in [-0.05, 0) is 35.4 Å². The number of carbonyl (C=O) groups is 2. The first-order chi connectivity index (χ1) is 20.9. The van der Waals surface area contributed by atoms with Gasteiger partial charge in [-0.3, -0.25) is 19.1 Å². The summed E-state index contributed by atoms with van der Waals surface area (Å²) < 4.78 is 16.9. The molecule has 0 aliphatic rings. The van der Waals surface area contributed by atoms with E-state index in [2.05, 4.69) is 30.7 Å². The quantitative estimate of drug-likeness (QED) is 0.214. The molecule has 3 aromatic carbocycles. The second kappa shape index (κ2) is 11.6. The van der Waals surface area contributed by atoms with Crippen molar-refractivity contribution in [3.05, 3.63) is 137 Å². The molecule has 0 saturated heterocycles. The third-order valence-electron chi connectivity index (χ3n) is 7.27. The first-order valence-corrected chi connectivity index (χ1v) is 13.4. The Morgan fingerprint density at radius 3 is 2.23 bits per heavy atom. The van der Waals surface area contributed by atoms with Crippen LogP contribution < -0.4 is 16.2 Å². The maximum absolute atomic E-state index is 15.5. The van der Waals surface area contributed by atoms with E-state index >= 15 is 4.39 Å². The zero-order valence-corrected chi connectivity index (χ0v) is 22.9.